The number of carbonyl (C=O) groups excluding carboxylic acids is 1. The Labute approximate surface area is 120 Å². The smallest absolute Gasteiger partial charge is 0.348 e. The van der Waals surface area contributed by atoms with Crippen molar-refractivity contribution in [1.82, 2.24) is 4.98 Å². The molecule has 0 unspecified atom stereocenters. The van der Waals surface area contributed by atoms with E-state index in [-0.39, 0.29) is 5.97 Å². The van der Waals surface area contributed by atoms with Gasteiger partial charge in [-0.05, 0) is 35.6 Å². The third kappa shape index (κ3) is 2.08. The summed E-state index contributed by atoms with van der Waals surface area (Å²) in [6, 6.07) is 9.99. The van der Waals surface area contributed by atoms with Gasteiger partial charge in [-0.3, -0.25) is 4.98 Å². The zero-order chi connectivity index (χ0) is 14.1. The van der Waals surface area contributed by atoms with E-state index in [1.807, 2.05) is 42.6 Å². The fourth-order valence-electron chi connectivity index (χ4n) is 2.27. The van der Waals surface area contributed by atoms with Crippen LogP contribution in [0, 0.1) is 6.92 Å². The third-order valence-electron chi connectivity index (χ3n) is 3.24. The quantitative estimate of drug-likeness (QED) is 0.666. The maximum atomic E-state index is 11.9. The van der Waals surface area contributed by atoms with E-state index in [0.717, 1.165) is 27.6 Å². The number of rotatable bonds is 2. The van der Waals surface area contributed by atoms with Crippen molar-refractivity contribution in [3.05, 3.63) is 52.3 Å². The summed E-state index contributed by atoms with van der Waals surface area (Å²) in [6.45, 7) is 2.00. The highest BCUT2D eigenvalue weighted by Crippen LogP contribution is 2.34. The van der Waals surface area contributed by atoms with Gasteiger partial charge in [0.15, 0.2) is 0 Å². The second kappa shape index (κ2) is 5.06. The topological polar surface area (TPSA) is 39.2 Å². The number of hydrogen-bond donors (Lipinski definition) is 0. The molecule has 1 aromatic carbocycles. The molecule has 3 aromatic rings. The Bertz CT molecular complexity index is 792. The van der Waals surface area contributed by atoms with Crippen LogP contribution in [0.1, 0.15) is 15.2 Å². The number of benzene rings is 1. The van der Waals surface area contributed by atoms with Gasteiger partial charge < -0.3 is 4.74 Å². The molecule has 0 aliphatic heterocycles. The molecule has 0 N–H and O–H groups in total. The van der Waals surface area contributed by atoms with Gasteiger partial charge in [-0.2, -0.15) is 0 Å². The van der Waals surface area contributed by atoms with Crippen LogP contribution in [0.4, 0.5) is 0 Å². The molecular weight excluding hydrogens is 270 g/mol. The van der Waals surface area contributed by atoms with Crippen LogP contribution in [0.3, 0.4) is 0 Å². The van der Waals surface area contributed by atoms with Crippen LogP contribution in [0.2, 0.25) is 0 Å². The number of ether oxygens (including phenoxy) is 1. The van der Waals surface area contributed by atoms with E-state index in [4.69, 9.17) is 4.74 Å². The van der Waals surface area contributed by atoms with E-state index in [1.165, 1.54) is 18.4 Å². The number of carbonyl (C=O) groups is 1. The summed E-state index contributed by atoms with van der Waals surface area (Å²) in [5.74, 6) is -0.292. The Morgan fingerprint density at radius 1 is 1.30 bits per heavy atom. The second-order valence-corrected chi connectivity index (χ2v) is 5.40. The highest BCUT2D eigenvalue weighted by Gasteiger charge is 2.18. The van der Waals surface area contributed by atoms with Crippen molar-refractivity contribution >= 4 is 28.2 Å². The van der Waals surface area contributed by atoms with Crippen molar-refractivity contribution in [2.24, 2.45) is 0 Å². The zero-order valence-corrected chi connectivity index (χ0v) is 12.0. The highest BCUT2D eigenvalue weighted by atomic mass is 32.1. The number of nitrogens with zero attached hydrogens (tertiary/aromatic N) is 1. The first-order valence-electron chi connectivity index (χ1n) is 6.22. The molecule has 0 amide bonds. The minimum atomic E-state index is -0.292. The van der Waals surface area contributed by atoms with Crippen molar-refractivity contribution in [2.75, 3.05) is 7.11 Å². The predicted octanol–water partition coefficient (Wildman–Crippen LogP) is 4.06. The summed E-state index contributed by atoms with van der Waals surface area (Å²) in [5, 5.41) is 3.06. The van der Waals surface area contributed by atoms with E-state index in [0.29, 0.717) is 4.88 Å². The van der Waals surface area contributed by atoms with Gasteiger partial charge in [0.25, 0.3) is 0 Å². The molecule has 3 rings (SSSR count). The van der Waals surface area contributed by atoms with Crippen molar-refractivity contribution < 1.29 is 9.53 Å². The Kier molecular flexibility index (Phi) is 3.24. The van der Waals surface area contributed by atoms with Gasteiger partial charge in [0, 0.05) is 17.1 Å². The molecule has 0 atom stereocenters. The molecule has 0 fully saturated rings. The minimum Gasteiger partial charge on any atom is -0.465 e. The maximum Gasteiger partial charge on any atom is 0.348 e. The lowest BCUT2D eigenvalue weighted by Crippen LogP contribution is -2.00. The van der Waals surface area contributed by atoms with Crippen molar-refractivity contribution in [2.45, 2.75) is 6.92 Å². The average molecular weight is 283 g/mol. The van der Waals surface area contributed by atoms with Gasteiger partial charge in [-0.15, -0.1) is 11.3 Å². The molecule has 3 nitrogen and oxygen atoms in total. The molecule has 100 valence electrons. The van der Waals surface area contributed by atoms with Crippen LogP contribution >= 0.6 is 11.3 Å². The van der Waals surface area contributed by atoms with Gasteiger partial charge >= 0.3 is 5.97 Å². The van der Waals surface area contributed by atoms with Crippen molar-refractivity contribution in [1.29, 1.82) is 0 Å². The number of fused-ring (bicyclic) bond motifs is 1. The van der Waals surface area contributed by atoms with Crippen LogP contribution in [-0.2, 0) is 4.74 Å². The lowest BCUT2D eigenvalue weighted by molar-refractivity contribution is 0.0607. The summed E-state index contributed by atoms with van der Waals surface area (Å²) < 4.78 is 4.86. The monoisotopic (exact) mass is 283 g/mol. The highest BCUT2D eigenvalue weighted by molar-refractivity contribution is 7.12. The summed E-state index contributed by atoms with van der Waals surface area (Å²) in [6.07, 6.45) is 1.77. The Balaban J connectivity index is 2.20. The largest absolute Gasteiger partial charge is 0.465 e. The third-order valence-corrected chi connectivity index (χ3v) is 4.32. The number of pyridine rings is 1. The molecule has 4 heteroatoms. The molecule has 0 aliphatic rings. The summed E-state index contributed by atoms with van der Waals surface area (Å²) in [4.78, 5) is 16.9. The van der Waals surface area contributed by atoms with Crippen molar-refractivity contribution in [3.63, 3.8) is 0 Å². The molecule has 0 radical (unpaired) electrons. The molecule has 0 spiro atoms. The summed E-state index contributed by atoms with van der Waals surface area (Å²) in [5.41, 5.74) is 3.93. The first-order valence-corrected chi connectivity index (χ1v) is 7.10. The average Bonchev–Trinajstić information content (AvgIpc) is 2.87. The summed E-state index contributed by atoms with van der Waals surface area (Å²) in [7, 11) is 1.41. The van der Waals surface area contributed by atoms with Crippen molar-refractivity contribution in [3.8, 4) is 11.1 Å². The number of aromatic nitrogens is 1. The Morgan fingerprint density at radius 2 is 2.15 bits per heavy atom. The number of thiophene rings is 1. The standard InChI is InChI=1S/C16H13NO2S/c1-10-9-20-15(16(18)19-2)14(10)12-6-5-11-4-3-7-17-13(11)8-12/h3-9H,1-2H3. The Morgan fingerprint density at radius 3 is 2.95 bits per heavy atom. The van der Waals surface area contributed by atoms with E-state index in [1.54, 1.807) is 6.20 Å². The zero-order valence-electron chi connectivity index (χ0n) is 11.2. The molecule has 0 bridgehead atoms. The fraction of sp³-hybridized carbons (Fsp3) is 0.125. The molecule has 0 saturated carbocycles. The molecule has 0 aliphatic carbocycles. The van der Waals surface area contributed by atoms with Gasteiger partial charge in [0.2, 0.25) is 0 Å². The van der Waals surface area contributed by atoms with E-state index >= 15 is 0 Å². The number of aryl methyl sites for hydroxylation is 1. The first kappa shape index (κ1) is 12.8. The molecule has 2 heterocycles. The van der Waals surface area contributed by atoms with E-state index < -0.39 is 0 Å². The predicted molar refractivity (Wildman–Crippen MR) is 81.1 cm³/mol. The van der Waals surface area contributed by atoms with Gasteiger partial charge in [-0.1, -0.05) is 18.2 Å². The molecular formula is C16H13NO2S. The SMILES string of the molecule is COC(=O)c1scc(C)c1-c1ccc2cccnc2c1. The molecule has 0 saturated heterocycles. The van der Waals surface area contributed by atoms with Crippen LogP contribution in [-0.4, -0.2) is 18.1 Å². The molecule has 2 aromatic heterocycles. The van der Waals surface area contributed by atoms with E-state index in [9.17, 15) is 4.79 Å². The second-order valence-electron chi connectivity index (χ2n) is 4.53. The maximum absolute atomic E-state index is 11.9. The van der Waals surface area contributed by atoms with Crippen LogP contribution in [0.25, 0.3) is 22.0 Å². The number of esters is 1. The van der Waals surface area contributed by atoms with Gasteiger partial charge in [0.1, 0.15) is 4.88 Å². The lowest BCUT2D eigenvalue weighted by Gasteiger charge is -2.06. The Hall–Kier alpha value is -2.20. The lowest BCUT2D eigenvalue weighted by atomic mass is 10.0. The number of hydrogen-bond acceptors (Lipinski definition) is 4. The summed E-state index contributed by atoms with van der Waals surface area (Å²) >= 11 is 1.41. The first-order chi connectivity index (χ1) is 9.70. The van der Waals surface area contributed by atoms with E-state index in [2.05, 4.69) is 4.98 Å². The fourth-order valence-corrected chi connectivity index (χ4v) is 3.26. The molecule has 20 heavy (non-hydrogen) atoms. The van der Waals surface area contributed by atoms with Gasteiger partial charge in [-0.25, -0.2) is 4.79 Å². The number of methoxy groups -OCH3 is 1. The van der Waals surface area contributed by atoms with Crippen LogP contribution < -0.4 is 0 Å². The van der Waals surface area contributed by atoms with Crippen LogP contribution in [0.5, 0.6) is 0 Å². The minimum absolute atomic E-state index is 0.292. The normalized spacial score (nSPS) is 10.7. The van der Waals surface area contributed by atoms with Gasteiger partial charge in [0.05, 0.1) is 12.6 Å². The van der Waals surface area contributed by atoms with Crippen LogP contribution in [0.15, 0.2) is 41.9 Å².